The predicted molar refractivity (Wildman–Crippen MR) is 81.6 cm³/mol. The predicted octanol–water partition coefficient (Wildman–Crippen LogP) is 1.64. The monoisotopic (exact) mass is 313 g/mol. The Morgan fingerprint density at radius 3 is 2.90 bits per heavy atom. The van der Waals surface area contributed by atoms with E-state index >= 15 is 0 Å². The fourth-order valence-electron chi connectivity index (χ4n) is 1.73. The highest BCUT2D eigenvalue weighted by atomic mass is 32.2. The number of nitrogen functional groups attached to an aromatic ring is 1. The maximum atomic E-state index is 11.7. The minimum atomic E-state index is -3.34. The molecule has 0 fully saturated rings. The van der Waals surface area contributed by atoms with Gasteiger partial charge in [-0.05, 0) is 24.6 Å². The highest BCUT2D eigenvalue weighted by Gasteiger charge is 2.17. The van der Waals surface area contributed by atoms with Crippen LogP contribution in [0.2, 0.25) is 0 Å². The molecule has 0 atom stereocenters. The number of hydrogen-bond acceptors (Lipinski definition) is 6. The molecule has 0 aliphatic carbocycles. The molecule has 1 aromatic carbocycles. The van der Waals surface area contributed by atoms with Gasteiger partial charge in [-0.2, -0.15) is 0 Å². The third kappa shape index (κ3) is 3.67. The number of aromatic nitrogens is 1. The normalized spacial score (nSPS) is 11.7. The van der Waals surface area contributed by atoms with Crippen LogP contribution in [-0.4, -0.2) is 30.8 Å². The van der Waals surface area contributed by atoms with Crippen molar-refractivity contribution in [3.63, 3.8) is 0 Å². The zero-order valence-corrected chi connectivity index (χ0v) is 12.6. The van der Waals surface area contributed by atoms with Crippen LogP contribution in [0.4, 0.5) is 10.8 Å². The first-order valence-corrected chi connectivity index (χ1v) is 8.70. The van der Waals surface area contributed by atoms with Gasteiger partial charge in [-0.3, -0.25) is 4.79 Å². The molecule has 20 heavy (non-hydrogen) atoms. The zero-order chi connectivity index (χ0) is 14.8. The highest BCUT2D eigenvalue weighted by Crippen LogP contribution is 2.27. The van der Waals surface area contributed by atoms with Gasteiger partial charge in [0.25, 0.3) is 0 Å². The molecule has 2 rings (SSSR count). The maximum Gasteiger partial charge on any atom is 0.241 e. The summed E-state index contributed by atoms with van der Waals surface area (Å²) in [5.41, 5.74) is 7.00. The van der Waals surface area contributed by atoms with E-state index in [1.54, 1.807) is 25.1 Å². The fourth-order valence-corrected chi connectivity index (χ4v) is 3.90. The molecule has 0 saturated carbocycles. The topological polar surface area (TPSA) is 102 Å². The van der Waals surface area contributed by atoms with E-state index in [4.69, 9.17) is 5.73 Å². The Labute approximate surface area is 120 Å². The molecule has 1 aromatic heterocycles. The molecule has 2 aromatic rings. The van der Waals surface area contributed by atoms with Gasteiger partial charge in [0, 0.05) is 5.69 Å². The molecular weight excluding hydrogens is 298 g/mol. The van der Waals surface area contributed by atoms with Crippen LogP contribution in [0.15, 0.2) is 18.2 Å². The number of anilines is 2. The number of rotatable bonds is 5. The third-order valence-electron chi connectivity index (χ3n) is 2.52. The summed E-state index contributed by atoms with van der Waals surface area (Å²) in [4.78, 5) is 15.9. The van der Waals surface area contributed by atoms with Crippen LogP contribution < -0.4 is 11.1 Å². The van der Waals surface area contributed by atoms with Gasteiger partial charge in [0.1, 0.15) is 5.75 Å². The van der Waals surface area contributed by atoms with Crippen molar-refractivity contribution in [2.45, 2.75) is 13.3 Å². The van der Waals surface area contributed by atoms with Crippen molar-refractivity contribution in [1.82, 2.24) is 4.98 Å². The van der Waals surface area contributed by atoms with E-state index in [1.807, 2.05) is 0 Å². The van der Waals surface area contributed by atoms with Gasteiger partial charge in [0.05, 0.1) is 16.0 Å². The number of carbonyl (C=O) groups excluding carboxylic acids is 1. The van der Waals surface area contributed by atoms with E-state index in [0.29, 0.717) is 17.2 Å². The van der Waals surface area contributed by atoms with E-state index in [9.17, 15) is 13.2 Å². The number of nitrogens with two attached hydrogens (primary N) is 1. The Bertz CT molecular complexity index is 737. The van der Waals surface area contributed by atoms with Gasteiger partial charge in [0.2, 0.25) is 5.91 Å². The van der Waals surface area contributed by atoms with Crippen molar-refractivity contribution in [1.29, 1.82) is 0 Å². The van der Waals surface area contributed by atoms with Crippen LogP contribution in [0.3, 0.4) is 0 Å². The fraction of sp³-hybridized carbons (Fsp3) is 0.333. The van der Waals surface area contributed by atoms with Crippen molar-refractivity contribution in [3.8, 4) is 0 Å². The second kappa shape index (κ2) is 5.76. The second-order valence-corrected chi connectivity index (χ2v) is 7.60. The number of hydrogen-bond donors (Lipinski definition) is 2. The molecule has 0 bridgehead atoms. The van der Waals surface area contributed by atoms with Crippen LogP contribution in [0.5, 0.6) is 0 Å². The molecule has 0 radical (unpaired) electrons. The number of carbonyl (C=O) groups is 1. The summed E-state index contributed by atoms with van der Waals surface area (Å²) in [6.45, 7) is 1.76. The van der Waals surface area contributed by atoms with Gasteiger partial charge >= 0.3 is 0 Å². The van der Waals surface area contributed by atoms with E-state index in [1.165, 1.54) is 11.3 Å². The Morgan fingerprint density at radius 1 is 1.45 bits per heavy atom. The Kier molecular flexibility index (Phi) is 4.24. The Morgan fingerprint density at radius 2 is 2.20 bits per heavy atom. The number of sulfone groups is 1. The SMILES string of the molecule is CCCS(=O)(=O)CC(=O)Nc1nc2ccc(N)cc2s1. The number of benzene rings is 1. The minimum Gasteiger partial charge on any atom is -0.399 e. The highest BCUT2D eigenvalue weighted by molar-refractivity contribution is 7.92. The molecule has 1 heterocycles. The average Bonchev–Trinajstić information content (AvgIpc) is 2.68. The summed E-state index contributed by atoms with van der Waals surface area (Å²) in [6.07, 6.45) is 0.496. The quantitative estimate of drug-likeness (QED) is 0.817. The molecule has 0 spiro atoms. The van der Waals surface area contributed by atoms with E-state index in [2.05, 4.69) is 10.3 Å². The van der Waals surface area contributed by atoms with Crippen LogP contribution in [0.1, 0.15) is 13.3 Å². The van der Waals surface area contributed by atoms with Crippen LogP contribution in [-0.2, 0) is 14.6 Å². The number of amides is 1. The summed E-state index contributed by atoms with van der Waals surface area (Å²) < 4.78 is 24.0. The molecule has 6 nitrogen and oxygen atoms in total. The molecule has 108 valence electrons. The van der Waals surface area contributed by atoms with Gasteiger partial charge < -0.3 is 11.1 Å². The summed E-state index contributed by atoms with van der Waals surface area (Å²) in [7, 11) is -3.34. The van der Waals surface area contributed by atoms with E-state index in [-0.39, 0.29) is 5.75 Å². The lowest BCUT2D eigenvalue weighted by Gasteiger charge is -2.02. The number of thiazole rings is 1. The zero-order valence-electron chi connectivity index (χ0n) is 10.9. The minimum absolute atomic E-state index is 0.0107. The number of fused-ring (bicyclic) bond motifs is 1. The summed E-state index contributed by atoms with van der Waals surface area (Å²) in [6, 6.07) is 5.24. The van der Waals surface area contributed by atoms with Crippen LogP contribution in [0.25, 0.3) is 10.2 Å². The number of nitrogens with zero attached hydrogens (tertiary/aromatic N) is 1. The molecule has 0 saturated heterocycles. The Hall–Kier alpha value is -1.67. The second-order valence-electron chi connectivity index (χ2n) is 4.39. The molecule has 0 aliphatic heterocycles. The smallest absolute Gasteiger partial charge is 0.241 e. The number of nitrogens with one attached hydrogen (secondary N) is 1. The molecule has 0 unspecified atom stereocenters. The van der Waals surface area contributed by atoms with Gasteiger partial charge in [-0.25, -0.2) is 13.4 Å². The van der Waals surface area contributed by atoms with Gasteiger partial charge in [-0.15, -0.1) is 0 Å². The largest absolute Gasteiger partial charge is 0.399 e. The molecule has 8 heteroatoms. The van der Waals surface area contributed by atoms with Crippen LogP contribution in [0, 0.1) is 0 Å². The average molecular weight is 313 g/mol. The summed E-state index contributed by atoms with van der Waals surface area (Å²) >= 11 is 1.26. The first-order valence-electron chi connectivity index (χ1n) is 6.06. The standard InChI is InChI=1S/C12H15N3O3S2/c1-2-5-20(17,18)7-11(16)15-12-14-9-4-3-8(13)6-10(9)19-12/h3-4,6H,2,5,7,13H2,1H3,(H,14,15,16). The van der Waals surface area contributed by atoms with Crippen molar-refractivity contribution >= 4 is 48.1 Å². The van der Waals surface area contributed by atoms with Gasteiger partial charge in [-0.1, -0.05) is 18.3 Å². The summed E-state index contributed by atoms with van der Waals surface area (Å²) in [5.74, 6) is -1.07. The lowest BCUT2D eigenvalue weighted by molar-refractivity contribution is -0.113. The molecule has 1 amide bonds. The van der Waals surface area contributed by atoms with Crippen molar-refractivity contribution in [2.24, 2.45) is 0 Å². The lowest BCUT2D eigenvalue weighted by Crippen LogP contribution is -2.24. The van der Waals surface area contributed by atoms with Crippen molar-refractivity contribution in [2.75, 3.05) is 22.6 Å². The van der Waals surface area contributed by atoms with Crippen molar-refractivity contribution in [3.05, 3.63) is 18.2 Å². The van der Waals surface area contributed by atoms with Gasteiger partial charge in [0.15, 0.2) is 15.0 Å². The summed E-state index contributed by atoms with van der Waals surface area (Å²) in [5, 5.41) is 2.89. The first kappa shape index (κ1) is 14.7. The molecule has 0 aliphatic rings. The third-order valence-corrected chi connectivity index (χ3v) is 5.19. The maximum absolute atomic E-state index is 11.7. The van der Waals surface area contributed by atoms with Crippen LogP contribution >= 0.6 is 11.3 Å². The Balaban J connectivity index is 2.10. The first-order chi connectivity index (χ1) is 9.39. The van der Waals surface area contributed by atoms with E-state index in [0.717, 1.165) is 10.2 Å². The van der Waals surface area contributed by atoms with Crippen molar-refractivity contribution < 1.29 is 13.2 Å². The van der Waals surface area contributed by atoms with E-state index < -0.39 is 21.5 Å². The molecule has 3 N–H and O–H groups in total. The lowest BCUT2D eigenvalue weighted by atomic mass is 10.3. The molecular formula is C12H15N3O3S2.